The Morgan fingerprint density at radius 1 is 1.14 bits per heavy atom. The molecule has 1 saturated heterocycles. The zero-order valence-corrected chi connectivity index (χ0v) is 22.1. The van der Waals surface area contributed by atoms with Crippen LogP contribution in [0.5, 0.6) is 11.5 Å². The number of methoxy groups -OCH3 is 2. The first-order chi connectivity index (χ1) is 17.8. The summed E-state index contributed by atoms with van der Waals surface area (Å²) in [6, 6.07) is 5.76. The van der Waals surface area contributed by atoms with Crippen LogP contribution in [0.3, 0.4) is 0 Å². The molecule has 3 aromatic rings. The van der Waals surface area contributed by atoms with Crippen molar-refractivity contribution in [2.24, 2.45) is 0 Å². The molecule has 1 unspecified atom stereocenters. The number of pyridine rings is 1. The van der Waals surface area contributed by atoms with Crippen molar-refractivity contribution in [2.75, 3.05) is 61.5 Å². The number of hydrogen-bond donors (Lipinski definition) is 2. The Kier molecular flexibility index (Phi) is 8.11. The normalized spacial score (nSPS) is 14.4. The zero-order chi connectivity index (χ0) is 26.5. The highest BCUT2D eigenvalue weighted by Gasteiger charge is 2.23. The van der Waals surface area contributed by atoms with Crippen molar-refractivity contribution < 1.29 is 22.9 Å². The van der Waals surface area contributed by atoms with E-state index in [1.165, 1.54) is 14.2 Å². The summed E-state index contributed by atoms with van der Waals surface area (Å²) in [5.41, 5.74) is 8.64. The summed E-state index contributed by atoms with van der Waals surface area (Å²) in [5.74, 6) is 2.00. The minimum absolute atomic E-state index is 0.0523. The molecule has 3 N–H and O–H groups in total. The SMILES string of the molecule is CCCS(=O)Nc1cc(-c2cc(-c3nnc(N4CCN(C(C)=O)CC4)o3)cnc2N)cc(OC)c1OC. The third kappa shape index (κ3) is 5.77. The van der Waals surface area contributed by atoms with Gasteiger partial charge in [-0.2, -0.15) is 0 Å². The molecule has 1 aliphatic rings. The van der Waals surface area contributed by atoms with Gasteiger partial charge in [-0.25, -0.2) is 9.19 Å². The third-order valence-electron chi connectivity index (χ3n) is 5.98. The van der Waals surface area contributed by atoms with Gasteiger partial charge >= 0.3 is 6.01 Å². The van der Waals surface area contributed by atoms with E-state index in [1.54, 1.807) is 36.2 Å². The van der Waals surface area contributed by atoms with E-state index in [1.807, 2.05) is 11.8 Å². The maximum Gasteiger partial charge on any atom is 0.318 e. The van der Waals surface area contributed by atoms with Crippen LogP contribution in [-0.4, -0.2) is 76.3 Å². The van der Waals surface area contributed by atoms with E-state index in [0.717, 1.165) is 6.42 Å². The number of aromatic nitrogens is 3. The molecule has 1 fully saturated rings. The van der Waals surface area contributed by atoms with Gasteiger partial charge in [0.25, 0.3) is 5.89 Å². The molecular formula is C24H31N7O5S. The first-order valence-corrected chi connectivity index (χ1v) is 13.2. The quantitative estimate of drug-likeness (QED) is 0.423. The molecule has 13 heteroatoms. The number of carbonyl (C=O) groups is 1. The van der Waals surface area contributed by atoms with Crippen LogP contribution in [0.2, 0.25) is 0 Å². The number of anilines is 3. The van der Waals surface area contributed by atoms with Crippen LogP contribution in [0, 0.1) is 0 Å². The van der Waals surface area contributed by atoms with Crippen LogP contribution in [0.15, 0.2) is 28.8 Å². The van der Waals surface area contributed by atoms with Gasteiger partial charge in [0, 0.05) is 50.6 Å². The Hall–Kier alpha value is -3.87. The molecule has 1 aliphatic heterocycles. The van der Waals surface area contributed by atoms with Gasteiger partial charge in [0.15, 0.2) is 11.5 Å². The predicted molar refractivity (Wildman–Crippen MR) is 142 cm³/mol. The summed E-state index contributed by atoms with van der Waals surface area (Å²) in [4.78, 5) is 19.7. The second-order valence-electron chi connectivity index (χ2n) is 8.45. The Labute approximate surface area is 217 Å². The number of nitrogens with one attached hydrogen (secondary N) is 1. The van der Waals surface area contributed by atoms with E-state index in [4.69, 9.17) is 19.6 Å². The molecule has 0 spiro atoms. The summed E-state index contributed by atoms with van der Waals surface area (Å²) in [6.45, 7) is 5.92. The van der Waals surface area contributed by atoms with Crippen LogP contribution >= 0.6 is 0 Å². The molecule has 4 rings (SSSR count). The van der Waals surface area contributed by atoms with Crippen LogP contribution in [0.4, 0.5) is 17.5 Å². The molecule has 3 heterocycles. The Morgan fingerprint density at radius 3 is 2.54 bits per heavy atom. The largest absolute Gasteiger partial charge is 0.493 e. The Bertz CT molecular complexity index is 1290. The summed E-state index contributed by atoms with van der Waals surface area (Å²) in [5, 5.41) is 8.39. The zero-order valence-electron chi connectivity index (χ0n) is 21.3. The number of hydrogen-bond acceptors (Lipinski definition) is 10. The van der Waals surface area contributed by atoms with Crippen LogP contribution in [0.25, 0.3) is 22.6 Å². The standard InChI is InChI=1S/C24H31N7O5S/c1-5-10-37(33)29-19-12-16(13-20(34-3)21(19)35-4)18-11-17(14-26-22(18)25)23-27-28-24(36-23)31-8-6-30(7-9-31)15(2)32/h11-14,29H,5-10H2,1-4H3,(H2,25,26). The molecule has 0 aliphatic carbocycles. The third-order valence-corrected chi connectivity index (χ3v) is 7.21. The number of carbonyl (C=O) groups excluding carboxylic acids is 1. The molecule has 0 saturated carbocycles. The fraction of sp³-hybridized carbons (Fsp3) is 0.417. The van der Waals surface area contributed by atoms with Gasteiger partial charge in [0.1, 0.15) is 16.8 Å². The lowest BCUT2D eigenvalue weighted by atomic mass is 10.0. The molecule has 0 radical (unpaired) electrons. The van der Waals surface area contributed by atoms with Crippen molar-refractivity contribution in [2.45, 2.75) is 20.3 Å². The van der Waals surface area contributed by atoms with Gasteiger partial charge in [-0.15, -0.1) is 5.10 Å². The van der Waals surface area contributed by atoms with Crippen molar-refractivity contribution in [1.82, 2.24) is 20.1 Å². The van der Waals surface area contributed by atoms with Crippen LogP contribution in [0.1, 0.15) is 20.3 Å². The molecular weight excluding hydrogens is 498 g/mol. The van der Waals surface area contributed by atoms with Crippen LogP contribution < -0.4 is 24.8 Å². The predicted octanol–water partition coefficient (Wildman–Crippen LogP) is 2.55. The van der Waals surface area contributed by atoms with E-state index in [0.29, 0.717) is 77.7 Å². The Balaban J connectivity index is 1.65. The van der Waals surface area contributed by atoms with Gasteiger partial charge in [-0.1, -0.05) is 12.0 Å². The molecule has 12 nitrogen and oxygen atoms in total. The Morgan fingerprint density at radius 2 is 1.89 bits per heavy atom. The van der Waals surface area contributed by atoms with E-state index < -0.39 is 11.0 Å². The van der Waals surface area contributed by atoms with E-state index in [-0.39, 0.29) is 11.7 Å². The van der Waals surface area contributed by atoms with Gasteiger partial charge in [-0.05, 0) is 30.2 Å². The average molecular weight is 530 g/mol. The number of nitrogen functional groups attached to an aromatic ring is 1. The van der Waals surface area contributed by atoms with Gasteiger partial charge in [0.2, 0.25) is 5.91 Å². The van der Waals surface area contributed by atoms with Crippen molar-refractivity contribution in [3.05, 3.63) is 24.4 Å². The van der Waals surface area contributed by atoms with Gasteiger partial charge in [0.05, 0.1) is 25.5 Å². The molecule has 1 amide bonds. The molecule has 37 heavy (non-hydrogen) atoms. The summed E-state index contributed by atoms with van der Waals surface area (Å²) >= 11 is 0. The molecule has 0 bridgehead atoms. The van der Waals surface area contributed by atoms with Crippen LogP contribution in [-0.2, 0) is 15.8 Å². The number of amides is 1. The minimum Gasteiger partial charge on any atom is -0.493 e. The maximum absolute atomic E-state index is 12.4. The second-order valence-corrected chi connectivity index (χ2v) is 9.75. The average Bonchev–Trinajstić information content (AvgIpc) is 3.39. The molecule has 1 atom stereocenters. The smallest absolute Gasteiger partial charge is 0.318 e. The van der Waals surface area contributed by atoms with Crippen molar-refractivity contribution in [3.63, 3.8) is 0 Å². The molecule has 1 aromatic carbocycles. The molecule has 198 valence electrons. The lowest BCUT2D eigenvalue weighted by molar-refractivity contribution is -0.129. The monoisotopic (exact) mass is 529 g/mol. The first kappa shape index (κ1) is 26.2. The highest BCUT2D eigenvalue weighted by molar-refractivity contribution is 7.86. The number of piperazine rings is 1. The lowest BCUT2D eigenvalue weighted by Crippen LogP contribution is -2.48. The fourth-order valence-corrected chi connectivity index (χ4v) is 4.92. The summed E-state index contributed by atoms with van der Waals surface area (Å²) < 4.78 is 32.4. The highest BCUT2D eigenvalue weighted by atomic mass is 32.2. The number of benzene rings is 1. The van der Waals surface area contributed by atoms with Gasteiger partial charge < -0.3 is 34.1 Å². The number of ether oxygens (including phenoxy) is 2. The number of nitrogens with zero attached hydrogens (tertiary/aromatic N) is 5. The first-order valence-electron chi connectivity index (χ1n) is 11.9. The van der Waals surface area contributed by atoms with Crippen molar-refractivity contribution in [1.29, 1.82) is 0 Å². The summed E-state index contributed by atoms with van der Waals surface area (Å²) in [6.07, 6.45) is 2.33. The fourth-order valence-electron chi connectivity index (χ4n) is 4.05. The van der Waals surface area contributed by atoms with Gasteiger partial charge in [-0.3, -0.25) is 4.79 Å². The van der Waals surface area contributed by atoms with E-state index >= 15 is 0 Å². The molecule has 2 aromatic heterocycles. The highest BCUT2D eigenvalue weighted by Crippen LogP contribution is 2.41. The maximum atomic E-state index is 12.4. The topological polar surface area (TPSA) is 149 Å². The van der Waals surface area contributed by atoms with E-state index in [9.17, 15) is 9.00 Å². The summed E-state index contributed by atoms with van der Waals surface area (Å²) in [7, 11) is 1.76. The van der Waals surface area contributed by atoms with Crippen molar-refractivity contribution >= 4 is 34.4 Å². The van der Waals surface area contributed by atoms with Crippen molar-refractivity contribution in [3.8, 4) is 34.1 Å². The number of rotatable bonds is 9. The number of nitrogens with two attached hydrogens (primary N) is 1. The second kappa shape index (κ2) is 11.5. The van der Waals surface area contributed by atoms with E-state index in [2.05, 4.69) is 19.9 Å². The lowest BCUT2D eigenvalue weighted by Gasteiger charge is -2.32. The minimum atomic E-state index is -1.29.